The molecule has 2 aromatic rings. The van der Waals surface area contributed by atoms with E-state index >= 15 is 0 Å². The highest BCUT2D eigenvalue weighted by Gasteiger charge is 2.27. The summed E-state index contributed by atoms with van der Waals surface area (Å²) >= 11 is 0. The smallest absolute Gasteiger partial charge is 0.119 e. The zero-order valence-electron chi connectivity index (χ0n) is 18.2. The fraction of sp³-hybridized carbons (Fsp3) is 0.615. The number of likely N-dealkylation sites (tertiary alicyclic amines) is 1. The molecule has 4 rings (SSSR count). The summed E-state index contributed by atoms with van der Waals surface area (Å²) in [5, 5.41) is 2.59. The number of fused-ring (bicyclic) bond motifs is 1. The molecule has 160 valence electrons. The molecule has 2 nitrogen and oxygen atoms in total. The Hall–Kier alpha value is -1.25. The normalized spacial score (nSPS) is 22.2. The van der Waals surface area contributed by atoms with Crippen molar-refractivity contribution in [3.05, 3.63) is 42.0 Å². The lowest BCUT2D eigenvalue weighted by atomic mass is 9.82. The Morgan fingerprint density at radius 2 is 1.66 bits per heavy atom. The highest BCUT2D eigenvalue weighted by Crippen LogP contribution is 2.33. The molecule has 0 spiro atoms. The molecular formula is C26H38ClNO. The van der Waals surface area contributed by atoms with Crippen LogP contribution >= 0.6 is 12.4 Å². The molecule has 3 heteroatoms. The zero-order valence-corrected chi connectivity index (χ0v) is 19.1. The number of halogens is 1. The van der Waals surface area contributed by atoms with Crippen LogP contribution in [0.3, 0.4) is 0 Å². The predicted octanol–water partition coefficient (Wildman–Crippen LogP) is 7.20. The lowest BCUT2D eigenvalue weighted by Gasteiger charge is -2.39. The summed E-state index contributed by atoms with van der Waals surface area (Å²) < 4.78 is 5.37. The van der Waals surface area contributed by atoms with Gasteiger partial charge in [-0.2, -0.15) is 0 Å². The first-order valence-corrected chi connectivity index (χ1v) is 11.5. The average molecular weight is 416 g/mol. The summed E-state index contributed by atoms with van der Waals surface area (Å²) in [5.74, 6) is 2.51. The molecule has 0 aromatic heterocycles. The molecule has 1 saturated heterocycles. The van der Waals surface area contributed by atoms with Crippen LogP contribution in [0.15, 0.2) is 36.4 Å². The van der Waals surface area contributed by atoms with E-state index in [4.69, 9.17) is 4.74 Å². The Bertz CT molecular complexity index is 770. The van der Waals surface area contributed by atoms with Crippen LogP contribution in [0.4, 0.5) is 0 Å². The number of rotatable bonds is 6. The van der Waals surface area contributed by atoms with E-state index in [2.05, 4.69) is 48.2 Å². The minimum atomic E-state index is 0. The van der Waals surface area contributed by atoms with Crippen molar-refractivity contribution in [2.75, 3.05) is 20.2 Å². The maximum absolute atomic E-state index is 5.37. The van der Waals surface area contributed by atoms with E-state index in [9.17, 15) is 0 Å². The summed E-state index contributed by atoms with van der Waals surface area (Å²) in [6, 6.07) is 14.2. The van der Waals surface area contributed by atoms with Crippen molar-refractivity contribution in [1.29, 1.82) is 0 Å². The van der Waals surface area contributed by atoms with Crippen molar-refractivity contribution in [2.24, 2.45) is 5.92 Å². The third kappa shape index (κ3) is 5.67. The molecule has 1 saturated carbocycles. The molecule has 2 aliphatic rings. The van der Waals surface area contributed by atoms with Gasteiger partial charge < -0.3 is 4.74 Å². The molecule has 2 fully saturated rings. The van der Waals surface area contributed by atoms with Crippen LogP contribution in [0.2, 0.25) is 0 Å². The predicted molar refractivity (Wildman–Crippen MR) is 127 cm³/mol. The molecule has 0 N–H and O–H groups in total. The van der Waals surface area contributed by atoms with Crippen LogP contribution in [-0.4, -0.2) is 31.1 Å². The molecule has 2 unspecified atom stereocenters. The second-order valence-electron chi connectivity index (χ2n) is 9.26. The van der Waals surface area contributed by atoms with Crippen molar-refractivity contribution in [3.8, 4) is 5.75 Å². The SMILES string of the molecule is COc1ccc2cc(C(C)CN3CCCCC3CC3CCCCC3)ccc2c1.Cl. The van der Waals surface area contributed by atoms with Crippen molar-refractivity contribution in [1.82, 2.24) is 4.90 Å². The number of nitrogens with zero attached hydrogens (tertiary/aromatic N) is 1. The van der Waals surface area contributed by atoms with Gasteiger partial charge in [0.15, 0.2) is 0 Å². The first-order chi connectivity index (χ1) is 13.7. The van der Waals surface area contributed by atoms with Crippen LogP contribution in [0.5, 0.6) is 5.75 Å². The van der Waals surface area contributed by atoms with E-state index in [0.717, 1.165) is 17.7 Å². The van der Waals surface area contributed by atoms with E-state index < -0.39 is 0 Å². The lowest BCUT2D eigenvalue weighted by Crippen LogP contribution is -2.42. The second kappa shape index (κ2) is 10.7. The Morgan fingerprint density at radius 3 is 2.45 bits per heavy atom. The second-order valence-corrected chi connectivity index (χ2v) is 9.26. The Morgan fingerprint density at radius 1 is 0.931 bits per heavy atom. The standard InChI is InChI=1S/C26H37NO.ClH/c1-20(22-11-12-24-18-26(28-2)14-13-23(24)17-22)19-27-15-7-6-10-25(27)16-21-8-4-3-5-9-21;/h11-14,17-18,20-21,25H,3-10,15-16,19H2,1-2H3;1H. The van der Waals surface area contributed by atoms with Crippen molar-refractivity contribution in [2.45, 2.75) is 76.7 Å². The fourth-order valence-electron chi connectivity index (χ4n) is 5.51. The Labute approximate surface area is 183 Å². The molecule has 1 heterocycles. The van der Waals surface area contributed by atoms with E-state index in [1.165, 1.54) is 87.2 Å². The summed E-state index contributed by atoms with van der Waals surface area (Å²) in [6.45, 7) is 4.92. The molecule has 0 bridgehead atoms. The van der Waals surface area contributed by atoms with Gasteiger partial charge in [-0.15, -0.1) is 12.4 Å². The number of hydrogen-bond donors (Lipinski definition) is 0. The first-order valence-electron chi connectivity index (χ1n) is 11.5. The number of methoxy groups -OCH3 is 1. The van der Waals surface area contributed by atoms with Crippen LogP contribution in [0, 0.1) is 5.92 Å². The van der Waals surface area contributed by atoms with Gasteiger partial charge in [-0.3, -0.25) is 4.90 Å². The van der Waals surface area contributed by atoms with Gasteiger partial charge in [0.25, 0.3) is 0 Å². The Balaban J connectivity index is 0.00000240. The fourth-order valence-corrected chi connectivity index (χ4v) is 5.51. The van der Waals surface area contributed by atoms with Gasteiger partial charge in [-0.05, 0) is 66.1 Å². The van der Waals surface area contributed by atoms with Gasteiger partial charge >= 0.3 is 0 Å². The topological polar surface area (TPSA) is 12.5 Å². The number of hydrogen-bond acceptors (Lipinski definition) is 2. The number of piperidine rings is 1. The molecule has 2 atom stereocenters. The lowest BCUT2D eigenvalue weighted by molar-refractivity contribution is 0.111. The minimum Gasteiger partial charge on any atom is -0.497 e. The first kappa shape index (κ1) is 22.4. The van der Waals surface area contributed by atoms with Crippen molar-refractivity contribution >= 4 is 23.2 Å². The monoisotopic (exact) mass is 415 g/mol. The van der Waals surface area contributed by atoms with E-state index in [1.807, 2.05) is 0 Å². The van der Waals surface area contributed by atoms with Gasteiger partial charge in [-0.1, -0.05) is 69.7 Å². The maximum atomic E-state index is 5.37. The molecule has 1 aliphatic carbocycles. The van der Waals surface area contributed by atoms with Gasteiger partial charge in [-0.25, -0.2) is 0 Å². The number of benzene rings is 2. The summed E-state index contributed by atoms with van der Waals surface area (Å²) in [7, 11) is 1.74. The maximum Gasteiger partial charge on any atom is 0.119 e. The van der Waals surface area contributed by atoms with Gasteiger partial charge in [0.1, 0.15) is 5.75 Å². The number of ether oxygens (including phenoxy) is 1. The van der Waals surface area contributed by atoms with E-state index in [-0.39, 0.29) is 12.4 Å². The van der Waals surface area contributed by atoms with Crippen LogP contribution in [0.25, 0.3) is 10.8 Å². The molecule has 2 aromatic carbocycles. The van der Waals surface area contributed by atoms with Crippen molar-refractivity contribution < 1.29 is 4.74 Å². The highest BCUT2D eigenvalue weighted by atomic mass is 35.5. The average Bonchev–Trinajstić information content (AvgIpc) is 2.75. The van der Waals surface area contributed by atoms with Crippen LogP contribution < -0.4 is 4.74 Å². The van der Waals surface area contributed by atoms with E-state index in [0.29, 0.717) is 5.92 Å². The zero-order chi connectivity index (χ0) is 19.3. The van der Waals surface area contributed by atoms with E-state index in [1.54, 1.807) is 7.11 Å². The third-order valence-corrected chi connectivity index (χ3v) is 7.23. The molecule has 1 aliphatic heterocycles. The van der Waals surface area contributed by atoms with Gasteiger partial charge in [0.05, 0.1) is 7.11 Å². The summed E-state index contributed by atoms with van der Waals surface area (Å²) in [6.07, 6.45) is 13.0. The molecule has 0 amide bonds. The van der Waals surface area contributed by atoms with Gasteiger partial charge in [0, 0.05) is 12.6 Å². The Kier molecular flexibility index (Phi) is 8.26. The van der Waals surface area contributed by atoms with Crippen LogP contribution in [-0.2, 0) is 0 Å². The summed E-state index contributed by atoms with van der Waals surface area (Å²) in [4.78, 5) is 2.83. The van der Waals surface area contributed by atoms with Crippen molar-refractivity contribution in [3.63, 3.8) is 0 Å². The van der Waals surface area contributed by atoms with Crippen LogP contribution in [0.1, 0.15) is 76.2 Å². The quantitative estimate of drug-likeness (QED) is 0.494. The largest absolute Gasteiger partial charge is 0.497 e. The minimum absolute atomic E-state index is 0. The summed E-state index contributed by atoms with van der Waals surface area (Å²) in [5.41, 5.74) is 1.47. The molecule has 29 heavy (non-hydrogen) atoms. The van der Waals surface area contributed by atoms with Gasteiger partial charge in [0.2, 0.25) is 0 Å². The molecule has 0 radical (unpaired) electrons. The molecular weight excluding hydrogens is 378 g/mol. The third-order valence-electron chi connectivity index (χ3n) is 7.23. The highest BCUT2D eigenvalue weighted by molar-refractivity contribution is 5.85.